The van der Waals surface area contributed by atoms with Crippen LogP contribution in [0.1, 0.15) is 26.3 Å². The maximum absolute atomic E-state index is 13.4. The largest absolute Gasteiger partial charge is 0.494 e. The summed E-state index contributed by atoms with van der Waals surface area (Å²) in [7, 11) is 1.47. The zero-order valence-electron chi connectivity index (χ0n) is 9.67. The Morgan fingerprint density at radius 3 is 2.53 bits per heavy atom. The normalized spacial score (nSPS) is 12.0. The average molecular weight is 208 g/mol. The van der Waals surface area contributed by atoms with E-state index in [1.165, 1.54) is 13.2 Å². The van der Waals surface area contributed by atoms with E-state index in [0.29, 0.717) is 5.92 Å². The Bertz CT molecular complexity index is 367. The third kappa shape index (κ3) is 3.08. The van der Waals surface area contributed by atoms with Gasteiger partial charge < -0.3 is 4.74 Å². The van der Waals surface area contributed by atoms with Crippen molar-refractivity contribution in [2.75, 3.05) is 7.11 Å². The minimum atomic E-state index is -0.313. The van der Waals surface area contributed by atoms with Crippen molar-refractivity contribution < 1.29 is 9.13 Å². The highest BCUT2D eigenvalue weighted by Crippen LogP contribution is 2.23. The molecule has 1 nitrogen and oxygen atoms in total. The molecule has 0 aliphatic heterocycles. The first-order valence-corrected chi connectivity index (χ1v) is 5.07. The van der Waals surface area contributed by atoms with E-state index in [0.717, 1.165) is 11.1 Å². The van der Waals surface area contributed by atoms with E-state index < -0.39 is 0 Å². The van der Waals surface area contributed by atoms with Crippen LogP contribution in [0.15, 0.2) is 24.3 Å². The SMILES string of the molecule is COc1ccc(/C(C)=C/C(C)C)cc1F. The monoisotopic (exact) mass is 208 g/mol. The molecule has 0 amide bonds. The van der Waals surface area contributed by atoms with Gasteiger partial charge in [0.15, 0.2) is 11.6 Å². The highest BCUT2D eigenvalue weighted by molar-refractivity contribution is 5.64. The van der Waals surface area contributed by atoms with Crippen LogP contribution in [0.25, 0.3) is 5.57 Å². The number of allylic oxidation sites excluding steroid dienone is 2. The minimum Gasteiger partial charge on any atom is -0.494 e. The highest BCUT2D eigenvalue weighted by atomic mass is 19.1. The average Bonchev–Trinajstić information content (AvgIpc) is 2.16. The number of methoxy groups -OCH3 is 1. The van der Waals surface area contributed by atoms with E-state index in [9.17, 15) is 4.39 Å². The van der Waals surface area contributed by atoms with Crippen molar-refractivity contribution in [1.82, 2.24) is 0 Å². The van der Waals surface area contributed by atoms with Gasteiger partial charge in [0.1, 0.15) is 0 Å². The first-order chi connectivity index (χ1) is 7.04. The molecule has 0 saturated heterocycles. The fourth-order valence-electron chi connectivity index (χ4n) is 1.51. The van der Waals surface area contributed by atoms with E-state index >= 15 is 0 Å². The van der Waals surface area contributed by atoms with Gasteiger partial charge in [-0.3, -0.25) is 0 Å². The Labute approximate surface area is 90.6 Å². The number of rotatable bonds is 3. The fraction of sp³-hybridized carbons (Fsp3) is 0.385. The lowest BCUT2D eigenvalue weighted by atomic mass is 10.0. The Morgan fingerprint density at radius 1 is 1.40 bits per heavy atom. The highest BCUT2D eigenvalue weighted by Gasteiger charge is 2.04. The Hall–Kier alpha value is -1.31. The molecule has 0 aliphatic rings. The number of halogens is 1. The van der Waals surface area contributed by atoms with Crippen molar-refractivity contribution in [3.63, 3.8) is 0 Å². The summed E-state index contributed by atoms with van der Waals surface area (Å²) in [5, 5.41) is 0. The third-order valence-corrected chi connectivity index (χ3v) is 2.19. The number of ether oxygens (including phenoxy) is 1. The Morgan fingerprint density at radius 2 is 2.07 bits per heavy atom. The summed E-state index contributed by atoms with van der Waals surface area (Å²) in [6.07, 6.45) is 2.11. The smallest absolute Gasteiger partial charge is 0.165 e. The van der Waals surface area contributed by atoms with E-state index in [1.54, 1.807) is 6.07 Å². The molecular formula is C13H17FO. The van der Waals surface area contributed by atoms with Gasteiger partial charge in [0, 0.05) is 0 Å². The molecule has 0 N–H and O–H groups in total. The maximum atomic E-state index is 13.4. The maximum Gasteiger partial charge on any atom is 0.165 e. The summed E-state index contributed by atoms with van der Waals surface area (Å²) in [4.78, 5) is 0. The summed E-state index contributed by atoms with van der Waals surface area (Å²) in [6.45, 7) is 6.19. The standard InChI is InChI=1S/C13H17FO/c1-9(2)7-10(3)11-5-6-13(15-4)12(14)8-11/h5-9H,1-4H3/b10-7+. The first-order valence-electron chi connectivity index (χ1n) is 5.07. The Kier molecular flexibility index (Phi) is 3.89. The van der Waals surface area contributed by atoms with E-state index in [4.69, 9.17) is 4.74 Å². The summed E-state index contributed by atoms with van der Waals surface area (Å²) in [5.41, 5.74) is 1.99. The second-order valence-corrected chi connectivity index (χ2v) is 3.94. The molecule has 1 rings (SSSR count). The van der Waals surface area contributed by atoms with Crippen LogP contribution in [0.5, 0.6) is 5.75 Å². The van der Waals surface area contributed by atoms with Gasteiger partial charge in [-0.1, -0.05) is 26.0 Å². The van der Waals surface area contributed by atoms with Gasteiger partial charge in [-0.25, -0.2) is 4.39 Å². The van der Waals surface area contributed by atoms with Crippen molar-refractivity contribution in [3.8, 4) is 5.75 Å². The van der Waals surface area contributed by atoms with Crippen LogP contribution in [-0.2, 0) is 0 Å². The van der Waals surface area contributed by atoms with Crippen molar-refractivity contribution >= 4 is 5.57 Å². The molecule has 0 fully saturated rings. The van der Waals surface area contributed by atoms with Gasteiger partial charge in [0.25, 0.3) is 0 Å². The molecule has 1 aromatic rings. The van der Waals surface area contributed by atoms with Crippen molar-refractivity contribution in [2.24, 2.45) is 5.92 Å². The molecule has 0 aliphatic carbocycles. The van der Waals surface area contributed by atoms with E-state index in [-0.39, 0.29) is 11.6 Å². The molecule has 0 aromatic heterocycles. The molecule has 0 unspecified atom stereocenters. The summed E-state index contributed by atoms with van der Waals surface area (Å²) >= 11 is 0. The first kappa shape index (κ1) is 11.8. The van der Waals surface area contributed by atoms with E-state index in [2.05, 4.69) is 19.9 Å². The fourth-order valence-corrected chi connectivity index (χ4v) is 1.51. The van der Waals surface area contributed by atoms with Crippen LogP contribution in [0.2, 0.25) is 0 Å². The van der Waals surface area contributed by atoms with Crippen molar-refractivity contribution in [3.05, 3.63) is 35.7 Å². The molecule has 0 radical (unpaired) electrons. The molecule has 0 saturated carbocycles. The number of hydrogen-bond donors (Lipinski definition) is 0. The van der Waals surface area contributed by atoms with Gasteiger partial charge in [-0.15, -0.1) is 0 Å². The lowest BCUT2D eigenvalue weighted by Crippen LogP contribution is -1.90. The molecule has 2 heteroatoms. The molecular weight excluding hydrogens is 191 g/mol. The molecule has 0 heterocycles. The molecule has 82 valence electrons. The predicted octanol–water partition coefficient (Wildman–Crippen LogP) is 3.89. The van der Waals surface area contributed by atoms with Gasteiger partial charge >= 0.3 is 0 Å². The van der Waals surface area contributed by atoms with Crippen LogP contribution >= 0.6 is 0 Å². The Balaban J connectivity index is 3.02. The van der Waals surface area contributed by atoms with Gasteiger partial charge in [0.2, 0.25) is 0 Å². The summed E-state index contributed by atoms with van der Waals surface area (Å²) in [5.74, 6) is 0.442. The van der Waals surface area contributed by atoms with E-state index in [1.807, 2.05) is 13.0 Å². The summed E-state index contributed by atoms with van der Waals surface area (Å²) < 4.78 is 18.3. The quantitative estimate of drug-likeness (QED) is 0.732. The van der Waals surface area contributed by atoms with Gasteiger partial charge in [0.05, 0.1) is 7.11 Å². The van der Waals surface area contributed by atoms with Crippen LogP contribution in [-0.4, -0.2) is 7.11 Å². The van der Waals surface area contributed by atoms with Crippen molar-refractivity contribution in [1.29, 1.82) is 0 Å². The van der Waals surface area contributed by atoms with Gasteiger partial charge in [-0.2, -0.15) is 0 Å². The zero-order valence-corrected chi connectivity index (χ0v) is 9.67. The predicted molar refractivity (Wildman–Crippen MR) is 61.4 cm³/mol. The molecule has 0 atom stereocenters. The lowest BCUT2D eigenvalue weighted by Gasteiger charge is -2.06. The van der Waals surface area contributed by atoms with Crippen LogP contribution in [0.3, 0.4) is 0 Å². The third-order valence-electron chi connectivity index (χ3n) is 2.19. The molecule has 0 bridgehead atoms. The number of benzene rings is 1. The summed E-state index contributed by atoms with van der Waals surface area (Å²) in [6, 6.07) is 5.03. The van der Waals surface area contributed by atoms with Crippen LogP contribution in [0.4, 0.5) is 4.39 Å². The molecule has 0 spiro atoms. The van der Waals surface area contributed by atoms with Crippen LogP contribution < -0.4 is 4.74 Å². The molecule has 15 heavy (non-hydrogen) atoms. The lowest BCUT2D eigenvalue weighted by molar-refractivity contribution is 0.386. The van der Waals surface area contributed by atoms with Crippen molar-refractivity contribution in [2.45, 2.75) is 20.8 Å². The molecule has 1 aromatic carbocycles. The second kappa shape index (κ2) is 4.96. The number of hydrogen-bond acceptors (Lipinski definition) is 1. The zero-order chi connectivity index (χ0) is 11.4. The van der Waals surface area contributed by atoms with Gasteiger partial charge in [-0.05, 0) is 36.1 Å². The van der Waals surface area contributed by atoms with Crippen LogP contribution in [0, 0.1) is 11.7 Å². The second-order valence-electron chi connectivity index (χ2n) is 3.94. The minimum absolute atomic E-state index is 0.288. The topological polar surface area (TPSA) is 9.23 Å².